The lowest BCUT2D eigenvalue weighted by Crippen LogP contribution is -2.33. The zero-order valence-corrected chi connectivity index (χ0v) is 25.6. The second kappa shape index (κ2) is 17.6. The molecule has 8 heteroatoms. The summed E-state index contributed by atoms with van der Waals surface area (Å²) in [6, 6.07) is 16.9. The minimum Gasteiger partial charge on any atom is -0.449 e. The van der Waals surface area contributed by atoms with Crippen molar-refractivity contribution in [2.75, 3.05) is 0 Å². The highest BCUT2D eigenvalue weighted by Gasteiger charge is 2.42. The van der Waals surface area contributed by atoms with E-state index in [0.717, 1.165) is 18.4 Å². The van der Waals surface area contributed by atoms with Crippen LogP contribution in [0.5, 0.6) is 5.75 Å². The Hall–Kier alpha value is -3.68. The second-order valence-corrected chi connectivity index (χ2v) is 11.1. The Labute approximate surface area is 257 Å². The Morgan fingerprint density at radius 3 is 1.82 bits per heavy atom. The lowest BCUT2D eigenvalue weighted by Gasteiger charge is -2.20. The molecule has 0 saturated heterocycles. The van der Waals surface area contributed by atoms with Crippen molar-refractivity contribution in [3.05, 3.63) is 89.2 Å². The number of carbonyl (C=O) groups is 2. The number of unbranched alkanes of at least 4 members (excludes halogenated alkanes) is 8. The van der Waals surface area contributed by atoms with Crippen LogP contribution in [0, 0.1) is 5.82 Å². The van der Waals surface area contributed by atoms with Gasteiger partial charge in [0.05, 0.1) is 11.1 Å². The fourth-order valence-corrected chi connectivity index (χ4v) is 4.88. The maximum absolute atomic E-state index is 14.8. The maximum Gasteiger partial charge on any atom is 0.425 e. The Morgan fingerprint density at radius 2 is 1.23 bits per heavy atom. The summed E-state index contributed by atoms with van der Waals surface area (Å²) in [5.74, 6) is -1.88. The van der Waals surface area contributed by atoms with Crippen molar-refractivity contribution in [1.29, 1.82) is 0 Å². The van der Waals surface area contributed by atoms with Gasteiger partial charge in [0.25, 0.3) is 0 Å². The summed E-state index contributed by atoms with van der Waals surface area (Å²) < 4.78 is 64.4. The second-order valence-electron chi connectivity index (χ2n) is 11.1. The maximum atomic E-state index is 14.8. The predicted octanol–water partition coefficient (Wildman–Crippen LogP) is 10.7. The molecular weight excluding hydrogens is 572 g/mol. The number of benzene rings is 3. The van der Waals surface area contributed by atoms with Gasteiger partial charge in [-0.05, 0) is 84.8 Å². The largest absolute Gasteiger partial charge is 0.449 e. The normalized spacial score (nSPS) is 12.1. The van der Waals surface area contributed by atoms with E-state index in [0.29, 0.717) is 24.0 Å². The number of halogens is 4. The number of hydrogen-bond donors (Lipinski definition) is 0. The highest BCUT2D eigenvalue weighted by molar-refractivity contribution is 5.92. The van der Waals surface area contributed by atoms with Crippen molar-refractivity contribution in [2.45, 2.75) is 103 Å². The van der Waals surface area contributed by atoms with Crippen molar-refractivity contribution >= 4 is 11.9 Å². The summed E-state index contributed by atoms with van der Waals surface area (Å²) in [4.78, 5) is 24.9. The van der Waals surface area contributed by atoms with E-state index in [1.807, 2.05) is 12.1 Å². The molecule has 0 aliphatic carbocycles. The molecule has 0 aromatic heterocycles. The van der Waals surface area contributed by atoms with E-state index in [-0.39, 0.29) is 35.5 Å². The zero-order valence-electron chi connectivity index (χ0n) is 25.6. The van der Waals surface area contributed by atoms with Crippen LogP contribution in [0.15, 0.2) is 66.7 Å². The van der Waals surface area contributed by atoms with Crippen LogP contribution in [-0.2, 0) is 11.2 Å². The van der Waals surface area contributed by atoms with E-state index in [1.54, 1.807) is 31.2 Å². The molecule has 3 aromatic rings. The van der Waals surface area contributed by atoms with Gasteiger partial charge in [0.15, 0.2) is 6.10 Å². The van der Waals surface area contributed by atoms with Gasteiger partial charge < -0.3 is 9.47 Å². The van der Waals surface area contributed by atoms with Crippen molar-refractivity contribution < 1.29 is 36.6 Å². The Kier molecular flexibility index (Phi) is 13.9. The van der Waals surface area contributed by atoms with Gasteiger partial charge in [-0.3, -0.25) is 0 Å². The molecule has 0 spiro atoms. The number of hydrogen-bond acceptors (Lipinski definition) is 4. The molecule has 4 nitrogen and oxygen atoms in total. The van der Waals surface area contributed by atoms with E-state index in [1.165, 1.54) is 68.9 Å². The van der Waals surface area contributed by atoms with Crippen molar-refractivity contribution in [3.8, 4) is 16.9 Å². The smallest absolute Gasteiger partial charge is 0.425 e. The SMILES string of the molecule is CCCCCCCCCCc1ccc(-c2ccc(C(=O)Oc3ccc(C(=O)OC(CCCC)C(F)(F)F)cc3)cc2)cc1F. The van der Waals surface area contributed by atoms with Crippen LogP contribution in [0.1, 0.15) is 111 Å². The fraction of sp³-hybridized carbons (Fsp3) is 0.444. The number of ether oxygens (including phenoxy) is 2. The average Bonchev–Trinajstić information content (AvgIpc) is 3.01. The molecule has 238 valence electrons. The molecule has 0 aliphatic heterocycles. The highest BCUT2D eigenvalue weighted by atomic mass is 19.4. The van der Waals surface area contributed by atoms with Gasteiger partial charge in [0.2, 0.25) is 0 Å². The summed E-state index contributed by atoms with van der Waals surface area (Å²) in [7, 11) is 0. The molecule has 1 unspecified atom stereocenters. The summed E-state index contributed by atoms with van der Waals surface area (Å²) in [5, 5.41) is 0. The molecule has 0 amide bonds. The minimum absolute atomic E-state index is 0.0871. The van der Waals surface area contributed by atoms with E-state index >= 15 is 0 Å². The van der Waals surface area contributed by atoms with Crippen LogP contribution < -0.4 is 4.74 Å². The fourth-order valence-electron chi connectivity index (χ4n) is 4.88. The van der Waals surface area contributed by atoms with Crippen LogP contribution in [-0.4, -0.2) is 24.2 Å². The molecule has 0 N–H and O–H groups in total. The molecule has 0 fully saturated rings. The van der Waals surface area contributed by atoms with Gasteiger partial charge in [-0.25, -0.2) is 14.0 Å². The third kappa shape index (κ3) is 11.1. The van der Waals surface area contributed by atoms with Crippen molar-refractivity contribution in [1.82, 2.24) is 0 Å². The molecule has 0 radical (unpaired) electrons. The van der Waals surface area contributed by atoms with Crippen LogP contribution in [0.3, 0.4) is 0 Å². The number of aryl methyl sites for hydroxylation is 1. The topological polar surface area (TPSA) is 52.6 Å². The van der Waals surface area contributed by atoms with Crippen molar-refractivity contribution in [3.63, 3.8) is 0 Å². The minimum atomic E-state index is -4.65. The van der Waals surface area contributed by atoms with Crippen LogP contribution >= 0.6 is 0 Å². The van der Waals surface area contributed by atoms with Gasteiger partial charge in [-0.2, -0.15) is 13.2 Å². The van der Waals surface area contributed by atoms with Gasteiger partial charge in [-0.15, -0.1) is 0 Å². The molecule has 0 heterocycles. The third-order valence-corrected chi connectivity index (χ3v) is 7.54. The molecule has 0 aliphatic rings. The average molecular weight is 615 g/mol. The standard InChI is InChI=1S/C36H42F4O4/c1-3-5-7-8-9-10-11-12-13-27-17-20-30(25-32(27)37)26-15-18-28(19-16-26)34(41)43-31-23-21-29(22-24-31)35(42)44-33(14-6-4-2)36(38,39)40/h15-25,33H,3-14H2,1-2H3. The first-order chi connectivity index (χ1) is 21.1. The van der Waals surface area contributed by atoms with Gasteiger partial charge in [0, 0.05) is 0 Å². The van der Waals surface area contributed by atoms with E-state index < -0.39 is 24.2 Å². The van der Waals surface area contributed by atoms with Crippen molar-refractivity contribution in [2.24, 2.45) is 0 Å². The summed E-state index contributed by atoms with van der Waals surface area (Å²) in [6.07, 6.45) is 3.97. The number of alkyl halides is 3. The van der Waals surface area contributed by atoms with Crippen LogP contribution in [0.2, 0.25) is 0 Å². The lowest BCUT2D eigenvalue weighted by atomic mass is 9.99. The van der Waals surface area contributed by atoms with Gasteiger partial charge in [0.1, 0.15) is 11.6 Å². The quantitative estimate of drug-likeness (QED) is 0.0657. The monoisotopic (exact) mass is 614 g/mol. The number of carbonyl (C=O) groups excluding carboxylic acids is 2. The van der Waals surface area contributed by atoms with Gasteiger partial charge in [-0.1, -0.05) is 89.5 Å². The first kappa shape index (κ1) is 34.8. The van der Waals surface area contributed by atoms with E-state index in [4.69, 9.17) is 9.47 Å². The summed E-state index contributed by atoms with van der Waals surface area (Å²) in [6.45, 7) is 3.96. The van der Waals surface area contributed by atoms with Crippen LogP contribution in [0.4, 0.5) is 17.6 Å². The molecule has 3 aromatic carbocycles. The molecule has 0 bridgehead atoms. The molecule has 0 saturated carbocycles. The summed E-state index contributed by atoms with van der Waals surface area (Å²) in [5.41, 5.74) is 2.32. The predicted molar refractivity (Wildman–Crippen MR) is 164 cm³/mol. The molecule has 1 atom stereocenters. The zero-order chi connectivity index (χ0) is 32.0. The van der Waals surface area contributed by atoms with Gasteiger partial charge >= 0.3 is 18.1 Å². The number of esters is 2. The summed E-state index contributed by atoms with van der Waals surface area (Å²) >= 11 is 0. The molecular formula is C36H42F4O4. The lowest BCUT2D eigenvalue weighted by molar-refractivity contribution is -0.206. The first-order valence-corrected chi connectivity index (χ1v) is 15.6. The third-order valence-electron chi connectivity index (χ3n) is 7.54. The molecule has 44 heavy (non-hydrogen) atoms. The van der Waals surface area contributed by atoms with Crippen LogP contribution in [0.25, 0.3) is 11.1 Å². The Bertz CT molecular complexity index is 1320. The van der Waals surface area contributed by atoms with E-state index in [2.05, 4.69) is 6.92 Å². The molecule has 3 rings (SSSR count). The number of rotatable bonds is 17. The Balaban J connectivity index is 1.51. The first-order valence-electron chi connectivity index (χ1n) is 15.6. The van der Waals surface area contributed by atoms with E-state index in [9.17, 15) is 27.2 Å². The highest BCUT2D eigenvalue weighted by Crippen LogP contribution is 2.28. The Morgan fingerprint density at radius 1 is 0.682 bits per heavy atom.